The van der Waals surface area contributed by atoms with Crippen molar-refractivity contribution in [2.24, 2.45) is 0 Å². The van der Waals surface area contributed by atoms with Crippen molar-refractivity contribution < 1.29 is 22.8 Å². The second-order valence-corrected chi connectivity index (χ2v) is 6.90. The first kappa shape index (κ1) is 19.7. The standard InChI is InChI=1S/C19H17F2N3O3S/c1-10-7-14(11(2)27-10)16-9-28-19(23-16)24-17(25)5-6-22-18(26)13-4-3-12(20)8-15(13)21/h3-4,7-9H,5-6H2,1-2H3,(H,22,26)(H,23,24,25). The zero-order chi connectivity index (χ0) is 20.3. The third kappa shape index (κ3) is 4.61. The van der Waals surface area contributed by atoms with Crippen LogP contribution in [0.4, 0.5) is 13.9 Å². The highest BCUT2D eigenvalue weighted by Crippen LogP contribution is 2.29. The number of furan rings is 1. The van der Waals surface area contributed by atoms with Crippen LogP contribution in [-0.4, -0.2) is 23.3 Å². The van der Waals surface area contributed by atoms with Gasteiger partial charge >= 0.3 is 0 Å². The summed E-state index contributed by atoms with van der Waals surface area (Å²) in [6.07, 6.45) is -0.0205. The van der Waals surface area contributed by atoms with Crippen LogP contribution >= 0.6 is 11.3 Å². The van der Waals surface area contributed by atoms with Crippen LogP contribution in [0.3, 0.4) is 0 Å². The van der Waals surface area contributed by atoms with Gasteiger partial charge in [0, 0.05) is 30.0 Å². The number of nitrogens with zero attached hydrogens (tertiary/aromatic N) is 1. The van der Waals surface area contributed by atoms with E-state index in [1.54, 1.807) is 0 Å². The lowest BCUT2D eigenvalue weighted by atomic mass is 10.2. The minimum Gasteiger partial charge on any atom is -0.466 e. The molecule has 0 saturated carbocycles. The number of hydrogen-bond acceptors (Lipinski definition) is 5. The van der Waals surface area contributed by atoms with Crippen molar-refractivity contribution in [1.82, 2.24) is 10.3 Å². The van der Waals surface area contributed by atoms with Crippen LogP contribution in [0.5, 0.6) is 0 Å². The lowest BCUT2D eigenvalue weighted by molar-refractivity contribution is -0.116. The number of rotatable bonds is 6. The Morgan fingerprint density at radius 3 is 2.68 bits per heavy atom. The number of halogens is 2. The molecule has 2 amide bonds. The Bertz CT molecular complexity index is 1030. The fraction of sp³-hybridized carbons (Fsp3) is 0.211. The Kier molecular flexibility index (Phi) is 5.84. The molecule has 2 N–H and O–H groups in total. The molecule has 2 aromatic heterocycles. The average molecular weight is 405 g/mol. The Balaban J connectivity index is 1.51. The smallest absolute Gasteiger partial charge is 0.254 e. The van der Waals surface area contributed by atoms with Gasteiger partial charge in [-0.2, -0.15) is 0 Å². The van der Waals surface area contributed by atoms with Crippen LogP contribution in [0.1, 0.15) is 28.3 Å². The second-order valence-electron chi connectivity index (χ2n) is 6.04. The fourth-order valence-electron chi connectivity index (χ4n) is 2.58. The van der Waals surface area contributed by atoms with E-state index in [9.17, 15) is 18.4 Å². The highest BCUT2D eigenvalue weighted by atomic mass is 32.1. The molecular weight excluding hydrogens is 388 g/mol. The van der Waals surface area contributed by atoms with E-state index in [0.717, 1.165) is 29.2 Å². The van der Waals surface area contributed by atoms with Gasteiger partial charge in [0.05, 0.1) is 11.3 Å². The van der Waals surface area contributed by atoms with Gasteiger partial charge in [-0.3, -0.25) is 9.59 Å². The van der Waals surface area contributed by atoms with E-state index >= 15 is 0 Å². The summed E-state index contributed by atoms with van der Waals surface area (Å²) in [4.78, 5) is 28.3. The monoisotopic (exact) mass is 405 g/mol. The van der Waals surface area contributed by atoms with E-state index in [1.165, 1.54) is 11.3 Å². The molecule has 0 aliphatic rings. The van der Waals surface area contributed by atoms with Crippen LogP contribution in [-0.2, 0) is 4.79 Å². The van der Waals surface area contributed by atoms with Gasteiger partial charge in [0.25, 0.3) is 5.91 Å². The molecule has 3 aromatic rings. The highest BCUT2D eigenvalue weighted by Gasteiger charge is 2.14. The summed E-state index contributed by atoms with van der Waals surface area (Å²) in [5, 5.41) is 7.32. The highest BCUT2D eigenvalue weighted by molar-refractivity contribution is 7.14. The first-order valence-electron chi connectivity index (χ1n) is 8.39. The minimum atomic E-state index is -0.956. The van der Waals surface area contributed by atoms with E-state index in [-0.39, 0.29) is 24.4 Å². The summed E-state index contributed by atoms with van der Waals surface area (Å²) in [5.74, 6) is -1.26. The number of aromatic nitrogens is 1. The molecule has 0 fully saturated rings. The number of carbonyl (C=O) groups excluding carboxylic acids is 2. The first-order valence-corrected chi connectivity index (χ1v) is 9.27. The van der Waals surface area contributed by atoms with E-state index in [2.05, 4.69) is 15.6 Å². The van der Waals surface area contributed by atoms with Gasteiger partial charge in [-0.15, -0.1) is 11.3 Å². The number of amides is 2. The largest absolute Gasteiger partial charge is 0.466 e. The van der Waals surface area contributed by atoms with Gasteiger partial charge in [-0.25, -0.2) is 13.8 Å². The number of thiazole rings is 1. The fourth-order valence-corrected chi connectivity index (χ4v) is 3.31. The molecular formula is C19H17F2N3O3S. The van der Waals surface area contributed by atoms with Crippen molar-refractivity contribution in [3.8, 4) is 11.3 Å². The molecule has 0 unspecified atom stereocenters. The molecule has 0 aliphatic carbocycles. The quantitative estimate of drug-likeness (QED) is 0.648. The van der Waals surface area contributed by atoms with Crippen LogP contribution < -0.4 is 10.6 Å². The van der Waals surface area contributed by atoms with Crippen molar-refractivity contribution in [3.63, 3.8) is 0 Å². The molecule has 0 aliphatic heterocycles. The molecule has 6 nitrogen and oxygen atoms in total. The van der Waals surface area contributed by atoms with Crippen LogP contribution in [0, 0.1) is 25.5 Å². The molecule has 0 bridgehead atoms. The Morgan fingerprint density at radius 1 is 1.21 bits per heavy atom. The van der Waals surface area contributed by atoms with Crippen LogP contribution in [0.15, 0.2) is 34.1 Å². The van der Waals surface area contributed by atoms with Gasteiger partial charge < -0.3 is 15.1 Å². The average Bonchev–Trinajstić information content (AvgIpc) is 3.20. The third-order valence-electron chi connectivity index (χ3n) is 3.88. The molecule has 3 rings (SSSR count). The van der Waals surface area contributed by atoms with E-state index < -0.39 is 17.5 Å². The Morgan fingerprint density at radius 2 is 2.00 bits per heavy atom. The van der Waals surface area contributed by atoms with E-state index in [1.807, 2.05) is 25.3 Å². The molecule has 1 aromatic carbocycles. The summed E-state index contributed by atoms with van der Waals surface area (Å²) in [6, 6.07) is 4.55. The van der Waals surface area contributed by atoms with Crippen LogP contribution in [0.2, 0.25) is 0 Å². The maximum absolute atomic E-state index is 13.6. The van der Waals surface area contributed by atoms with Crippen molar-refractivity contribution in [3.05, 3.63) is 58.4 Å². The van der Waals surface area contributed by atoms with Gasteiger partial charge in [-0.05, 0) is 32.0 Å². The number of hydrogen-bond donors (Lipinski definition) is 2. The zero-order valence-electron chi connectivity index (χ0n) is 15.1. The van der Waals surface area contributed by atoms with Crippen molar-refractivity contribution in [1.29, 1.82) is 0 Å². The summed E-state index contributed by atoms with van der Waals surface area (Å²) < 4.78 is 31.9. The molecule has 0 atom stereocenters. The molecule has 9 heteroatoms. The normalized spacial score (nSPS) is 10.7. The van der Waals surface area contributed by atoms with Crippen LogP contribution in [0.25, 0.3) is 11.3 Å². The predicted molar refractivity (Wildman–Crippen MR) is 101 cm³/mol. The maximum atomic E-state index is 13.6. The molecule has 28 heavy (non-hydrogen) atoms. The number of carbonyl (C=O) groups is 2. The molecule has 2 heterocycles. The van der Waals surface area contributed by atoms with Gasteiger partial charge in [-0.1, -0.05) is 0 Å². The summed E-state index contributed by atoms with van der Waals surface area (Å²) in [7, 11) is 0. The van der Waals surface area contributed by atoms with Crippen molar-refractivity contribution >= 4 is 28.3 Å². The lowest BCUT2D eigenvalue weighted by Gasteiger charge is -2.06. The summed E-state index contributed by atoms with van der Waals surface area (Å²) in [6.45, 7) is 3.68. The Labute approximate surface area is 163 Å². The van der Waals surface area contributed by atoms with Gasteiger partial charge in [0.1, 0.15) is 23.2 Å². The van der Waals surface area contributed by atoms with Gasteiger partial charge in [0.2, 0.25) is 5.91 Å². The molecule has 0 spiro atoms. The summed E-state index contributed by atoms with van der Waals surface area (Å²) in [5.41, 5.74) is 1.29. The van der Waals surface area contributed by atoms with Crippen molar-refractivity contribution in [2.75, 3.05) is 11.9 Å². The van der Waals surface area contributed by atoms with E-state index in [4.69, 9.17) is 4.42 Å². The topological polar surface area (TPSA) is 84.2 Å². The molecule has 146 valence electrons. The molecule has 0 radical (unpaired) electrons. The predicted octanol–water partition coefficient (Wildman–Crippen LogP) is 4.06. The van der Waals surface area contributed by atoms with Crippen molar-refractivity contribution in [2.45, 2.75) is 20.3 Å². The maximum Gasteiger partial charge on any atom is 0.254 e. The summed E-state index contributed by atoms with van der Waals surface area (Å²) >= 11 is 1.27. The Hall–Kier alpha value is -3.07. The third-order valence-corrected chi connectivity index (χ3v) is 4.64. The zero-order valence-corrected chi connectivity index (χ0v) is 16.0. The van der Waals surface area contributed by atoms with E-state index in [0.29, 0.717) is 16.9 Å². The molecule has 0 saturated heterocycles. The number of benzene rings is 1. The first-order chi connectivity index (χ1) is 13.3. The number of aryl methyl sites for hydroxylation is 2. The minimum absolute atomic E-state index is 0.000249. The van der Waals surface area contributed by atoms with Gasteiger partial charge in [0.15, 0.2) is 5.13 Å². The number of anilines is 1. The SMILES string of the molecule is Cc1cc(-c2csc(NC(=O)CCNC(=O)c3ccc(F)cc3F)n2)c(C)o1. The second kappa shape index (κ2) is 8.30. The lowest BCUT2D eigenvalue weighted by Crippen LogP contribution is -2.28. The number of nitrogens with one attached hydrogen (secondary N) is 2.